The molecule has 1 aromatic carbocycles. The van der Waals surface area contributed by atoms with Crippen LogP contribution < -0.4 is 10.3 Å². The van der Waals surface area contributed by atoms with Gasteiger partial charge in [0.05, 0.1) is 16.9 Å². The molecular weight excluding hydrogens is 414 g/mol. The summed E-state index contributed by atoms with van der Waals surface area (Å²) < 4.78 is 11.7. The summed E-state index contributed by atoms with van der Waals surface area (Å²) in [4.78, 5) is 19.8. The number of aromatic nitrogens is 4. The van der Waals surface area contributed by atoms with Crippen molar-refractivity contribution in [1.82, 2.24) is 23.4 Å². The van der Waals surface area contributed by atoms with Gasteiger partial charge in [0.1, 0.15) is 18.0 Å². The predicted molar refractivity (Wildman–Crippen MR) is 128 cm³/mol. The van der Waals surface area contributed by atoms with Gasteiger partial charge in [-0.25, -0.2) is 4.98 Å². The maximum Gasteiger partial charge on any atom is 0.258 e. The number of likely N-dealkylation sites (N-methyl/N-ethyl adjacent to an activating group) is 1. The molecule has 0 spiro atoms. The highest BCUT2D eigenvalue weighted by atomic mass is 16.5. The fourth-order valence-corrected chi connectivity index (χ4v) is 4.80. The Kier molecular flexibility index (Phi) is 4.58. The Balaban J connectivity index is 1.27. The van der Waals surface area contributed by atoms with E-state index in [1.54, 1.807) is 10.8 Å². The van der Waals surface area contributed by atoms with Gasteiger partial charge in [-0.15, -0.1) is 0 Å². The molecule has 0 saturated carbocycles. The third-order valence-electron chi connectivity index (χ3n) is 6.55. The average Bonchev–Trinajstić information content (AvgIpc) is 3.36. The maximum absolute atomic E-state index is 12.9. The third kappa shape index (κ3) is 3.41. The molecule has 5 heterocycles. The first-order chi connectivity index (χ1) is 16.1. The van der Waals surface area contributed by atoms with E-state index < -0.39 is 0 Å². The topological polar surface area (TPSA) is 56.7 Å². The Morgan fingerprint density at radius 3 is 2.82 bits per heavy atom. The minimum Gasteiger partial charge on any atom is -0.487 e. The van der Waals surface area contributed by atoms with Crippen LogP contribution in [0, 0.1) is 0 Å². The summed E-state index contributed by atoms with van der Waals surface area (Å²) >= 11 is 0. The van der Waals surface area contributed by atoms with Crippen LogP contribution in [0.2, 0.25) is 0 Å². The lowest BCUT2D eigenvalue weighted by atomic mass is 10.0. The van der Waals surface area contributed by atoms with Crippen LogP contribution in [0.3, 0.4) is 0 Å². The van der Waals surface area contributed by atoms with Crippen molar-refractivity contribution in [2.45, 2.75) is 19.6 Å². The number of ether oxygens (including phenoxy) is 1. The molecule has 0 unspecified atom stereocenters. The molecule has 0 saturated heterocycles. The Morgan fingerprint density at radius 2 is 1.97 bits per heavy atom. The van der Waals surface area contributed by atoms with Crippen LogP contribution in [0.25, 0.3) is 22.2 Å². The molecule has 7 heteroatoms. The smallest absolute Gasteiger partial charge is 0.258 e. The van der Waals surface area contributed by atoms with Gasteiger partial charge in [-0.2, -0.15) is 0 Å². The van der Waals surface area contributed by atoms with Crippen molar-refractivity contribution in [3.05, 3.63) is 94.4 Å². The van der Waals surface area contributed by atoms with Crippen LogP contribution in [0.4, 0.5) is 0 Å². The number of fused-ring (bicyclic) bond motifs is 4. The third-order valence-corrected chi connectivity index (χ3v) is 6.55. The Hall–Kier alpha value is -3.84. The molecule has 0 N–H and O–H groups in total. The molecule has 0 radical (unpaired) electrons. The van der Waals surface area contributed by atoms with Gasteiger partial charge in [0.15, 0.2) is 0 Å². The van der Waals surface area contributed by atoms with Crippen molar-refractivity contribution in [2.24, 2.45) is 7.05 Å². The van der Waals surface area contributed by atoms with Crippen LogP contribution in [0.15, 0.2) is 71.9 Å². The summed E-state index contributed by atoms with van der Waals surface area (Å²) in [5, 5.41) is 1.28. The summed E-state index contributed by atoms with van der Waals surface area (Å²) in [6, 6.07) is 15.5. The number of rotatable bonds is 4. The van der Waals surface area contributed by atoms with Crippen molar-refractivity contribution < 1.29 is 4.74 Å². The number of pyridine rings is 2. The predicted octanol–water partition coefficient (Wildman–Crippen LogP) is 3.54. The first-order valence-electron chi connectivity index (χ1n) is 11.1. The monoisotopic (exact) mass is 439 g/mol. The maximum atomic E-state index is 12.9. The van der Waals surface area contributed by atoms with E-state index in [4.69, 9.17) is 4.74 Å². The second-order valence-electron chi connectivity index (χ2n) is 8.73. The Morgan fingerprint density at radius 1 is 1.06 bits per heavy atom. The van der Waals surface area contributed by atoms with E-state index in [1.165, 1.54) is 22.7 Å². The summed E-state index contributed by atoms with van der Waals surface area (Å²) in [5.41, 5.74) is 6.36. The number of nitrogens with zero attached hydrogens (tertiary/aromatic N) is 5. The normalized spacial score (nSPS) is 14.1. The number of imidazole rings is 1. The van der Waals surface area contributed by atoms with Crippen molar-refractivity contribution >= 4 is 16.6 Å². The molecule has 6 rings (SSSR count). The van der Waals surface area contributed by atoms with Crippen LogP contribution in [-0.2, 0) is 26.6 Å². The molecule has 0 fully saturated rings. The number of hydrogen-bond acceptors (Lipinski definition) is 4. The zero-order valence-corrected chi connectivity index (χ0v) is 18.7. The summed E-state index contributed by atoms with van der Waals surface area (Å²) in [6.07, 6.45) is 6.72. The fraction of sp³-hybridized carbons (Fsp3) is 0.231. The number of benzene rings is 1. The van der Waals surface area contributed by atoms with Crippen LogP contribution in [0.1, 0.15) is 17.0 Å². The highest BCUT2D eigenvalue weighted by molar-refractivity contribution is 5.87. The average molecular weight is 440 g/mol. The SMILES string of the molecule is CN1CCc2c(n(C)c3cc(-n4ccc(OCc5cn6ccccc6n5)cc4=O)ccc23)C1. The minimum absolute atomic E-state index is 0.124. The van der Waals surface area contributed by atoms with Gasteiger partial charge < -0.3 is 18.6 Å². The molecule has 4 aromatic heterocycles. The molecule has 0 atom stereocenters. The minimum atomic E-state index is -0.124. The summed E-state index contributed by atoms with van der Waals surface area (Å²) in [5.74, 6) is 0.534. The highest BCUT2D eigenvalue weighted by Gasteiger charge is 2.21. The number of hydrogen-bond donors (Lipinski definition) is 0. The van der Waals surface area contributed by atoms with E-state index >= 15 is 0 Å². The molecular formula is C26H25N5O2. The van der Waals surface area contributed by atoms with Crippen LogP contribution in [0.5, 0.6) is 5.75 Å². The standard InChI is InChI=1S/C26H25N5O2/c1-28-11-9-22-21-7-6-19(13-23(21)29(2)24(22)16-28)31-12-8-20(14-26(31)32)33-17-18-15-30-10-4-3-5-25(30)27-18/h3-8,10,12-15H,9,11,16-17H2,1-2H3. The number of aryl methyl sites for hydroxylation is 1. The lowest BCUT2D eigenvalue weighted by molar-refractivity contribution is 0.301. The zero-order valence-electron chi connectivity index (χ0n) is 18.7. The Labute approximate surface area is 191 Å². The summed E-state index contributed by atoms with van der Waals surface area (Å²) in [7, 11) is 4.27. The first kappa shape index (κ1) is 19.8. The fourth-order valence-electron chi connectivity index (χ4n) is 4.80. The van der Waals surface area contributed by atoms with Crippen LogP contribution >= 0.6 is 0 Å². The molecule has 5 aromatic rings. The van der Waals surface area contributed by atoms with E-state index in [-0.39, 0.29) is 5.56 Å². The molecule has 0 amide bonds. The second kappa shape index (κ2) is 7.64. The molecule has 1 aliphatic rings. The van der Waals surface area contributed by atoms with Crippen molar-refractivity contribution in [2.75, 3.05) is 13.6 Å². The highest BCUT2D eigenvalue weighted by Crippen LogP contribution is 2.31. The van der Waals surface area contributed by atoms with E-state index in [0.717, 1.165) is 42.1 Å². The van der Waals surface area contributed by atoms with Crippen LogP contribution in [-0.4, -0.2) is 37.0 Å². The van der Waals surface area contributed by atoms with Gasteiger partial charge in [0.2, 0.25) is 0 Å². The van der Waals surface area contributed by atoms with Crippen molar-refractivity contribution in [3.8, 4) is 11.4 Å². The van der Waals surface area contributed by atoms with Gasteiger partial charge in [-0.05, 0) is 49.4 Å². The van der Waals surface area contributed by atoms with E-state index in [0.29, 0.717) is 12.4 Å². The Bertz CT molecular complexity index is 1530. The quantitative estimate of drug-likeness (QED) is 0.430. The lowest BCUT2D eigenvalue weighted by Crippen LogP contribution is -2.27. The molecule has 33 heavy (non-hydrogen) atoms. The molecule has 0 aliphatic carbocycles. The molecule has 7 nitrogen and oxygen atoms in total. The van der Waals surface area contributed by atoms with E-state index in [2.05, 4.69) is 40.7 Å². The largest absolute Gasteiger partial charge is 0.487 e. The summed E-state index contributed by atoms with van der Waals surface area (Å²) in [6.45, 7) is 2.33. The van der Waals surface area contributed by atoms with Gasteiger partial charge in [0, 0.05) is 55.9 Å². The lowest BCUT2D eigenvalue weighted by Gasteiger charge is -2.23. The van der Waals surface area contributed by atoms with Crippen molar-refractivity contribution in [1.29, 1.82) is 0 Å². The molecule has 166 valence electrons. The van der Waals surface area contributed by atoms with Gasteiger partial charge in [-0.3, -0.25) is 9.36 Å². The first-order valence-corrected chi connectivity index (χ1v) is 11.1. The van der Waals surface area contributed by atoms with E-state index in [1.807, 2.05) is 47.1 Å². The van der Waals surface area contributed by atoms with E-state index in [9.17, 15) is 4.79 Å². The van der Waals surface area contributed by atoms with Gasteiger partial charge in [0.25, 0.3) is 5.56 Å². The zero-order chi connectivity index (χ0) is 22.5. The molecule has 0 bridgehead atoms. The second-order valence-corrected chi connectivity index (χ2v) is 8.73. The van der Waals surface area contributed by atoms with Gasteiger partial charge >= 0.3 is 0 Å². The van der Waals surface area contributed by atoms with Crippen molar-refractivity contribution in [3.63, 3.8) is 0 Å². The molecule has 1 aliphatic heterocycles. The van der Waals surface area contributed by atoms with Gasteiger partial charge in [-0.1, -0.05) is 12.1 Å².